The first-order chi connectivity index (χ1) is 16.6. The van der Waals surface area contributed by atoms with Crippen LogP contribution in [0.15, 0.2) is 64.7 Å². The summed E-state index contributed by atoms with van der Waals surface area (Å²) in [6.07, 6.45) is 6.09. The fraction of sp³-hybridized carbons (Fsp3) is 0.407. The van der Waals surface area contributed by atoms with Crippen LogP contribution in [-0.4, -0.2) is 69.9 Å². The van der Waals surface area contributed by atoms with E-state index in [-0.39, 0.29) is 5.91 Å². The van der Waals surface area contributed by atoms with Gasteiger partial charge in [-0.2, -0.15) is 0 Å². The molecular weight excluding hydrogens is 442 g/mol. The molecular formula is C27H33N5OS. The molecule has 2 aliphatic heterocycles. The molecule has 1 saturated heterocycles. The molecule has 0 spiro atoms. The largest absolute Gasteiger partial charge is 0.350 e. The molecule has 3 aromatic rings. The normalized spacial score (nSPS) is 20.9. The number of piperazine rings is 1. The Hall–Kier alpha value is -2.61. The first kappa shape index (κ1) is 23.1. The lowest BCUT2D eigenvalue weighted by atomic mass is 10.1. The summed E-state index contributed by atoms with van der Waals surface area (Å²) in [6.45, 7) is 9.43. The number of aryl methyl sites for hydroxylation is 1. The van der Waals surface area contributed by atoms with E-state index in [0.29, 0.717) is 18.6 Å². The summed E-state index contributed by atoms with van der Waals surface area (Å²) >= 11 is 1.51. The van der Waals surface area contributed by atoms with E-state index in [9.17, 15) is 4.79 Å². The molecule has 2 atom stereocenters. The van der Waals surface area contributed by atoms with Crippen LogP contribution in [0.4, 0.5) is 0 Å². The molecule has 1 N–H and O–H groups in total. The third-order valence-electron chi connectivity index (χ3n) is 6.85. The molecule has 2 unspecified atom stereocenters. The maximum absolute atomic E-state index is 12.8. The second kappa shape index (κ2) is 10.3. The van der Waals surface area contributed by atoms with Crippen molar-refractivity contribution in [3.05, 3.63) is 70.9 Å². The van der Waals surface area contributed by atoms with Gasteiger partial charge in [-0.15, -0.1) is 0 Å². The van der Waals surface area contributed by atoms with Crippen LogP contribution < -0.4 is 5.32 Å². The van der Waals surface area contributed by atoms with Crippen LogP contribution in [0.5, 0.6) is 0 Å². The predicted molar refractivity (Wildman–Crippen MR) is 139 cm³/mol. The molecule has 6 nitrogen and oxygen atoms in total. The third kappa shape index (κ3) is 5.06. The molecule has 0 radical (unpaired) electrons. The van der Waals surface area contributed by atoms with Crippen LogP contribution in [0.3, 0.4) is 0 Å². The zero-order valence-corrected chi connectivity index (χ0v) is 20.8. The number of imidazole rings is 1. The molecule has 0 bridgehead atoms. The standard InChI is InChI=1S/C27H33N5OS/c1-20-18-30(19-21(2)31(20)14-7-10-22-8-4-3-5-9-22)15-13-28-27(33)24-16-23-17-29-25-11-6-12-26(34-24)32(23)25/h3-6,8-9,11-12,16-17,20-21H,7,10,13-15,18-19H2,1-2H3,(H,28,33). The Morgan fingerprint density at radius 1 is 1.06 bits per heavy atom. The Kier molecular flexibility index (Phi) is 7.04. The average Bonchev–Trinajstić information content (AvgIpc) is 3.26. The van der Waals surface area contributed by atoms with Gasteiger partial charge in [0.25, 0.3) is 5.91 Å². The number of hydrogen-bond acceptors (Lipinski definition) is 5. The molecule has 4 heterocycles. The second-order valence-corrected chi connectivity index (χ2v) is 10.5. The Morgan fingerprint density at radius 3 is 2.65 bits per heavy atom. The molecule has 1 amide bonds. The van der Waals surface area contributed by atoms with E-state index < -0.39 is 0 Å². The van der Waals surface area contributed by atoms with Gasteiger partial charge in [0.05, 0.1) is 21.8 Å². The third-order valence-corrected chi connectivity index (χ3v) is 7.90. The maximum Gasteiger partial charge on any atom is 0.258 e. The lowest BCUT2D eigenvalue weighted by Crippen LogP contribution is -2.57. The van der Waals surface area contributed by atoms with Crippen molar-refractivity contribution in [1.82, 2.24) is 24.5 Å². The summed E-state index contributed by atoms with van der Waals surface area (Å²) in [5, 5.41) is 4.17. The van der Waals surface area contributed by atoms with Crippen LogP contribution in [-0.2, 0) is 11.2 Å². The van der Waals surface area contributed by atoms with Crippen molar-refractivity contribution >= 4 is 29.4 Å². The van der Waals surface area contributed by atoms with Gasteiger partial charge in [-0.05, 0) is 57.0 Å². The number of carbonyl (C=O) groups excluding carboxylic acids is 1. The fourth-order valence-electron chi connectivity index (χ4n) is 5.21. The van der Waals surface area contributed by atoms with Crippen molar-refractivity contribution in [3.8, 4) is 0 Å². The molecule has 1 fully saturated rings. The molecule has 5 rings (SSSR count). The molecule has 34 heavy (non-hydrogen) atoms. The lowest BCUT2D eigenvalue weighted by Gasteiger charge is -2.44. The molecule has 1 aromatic carbocycles. The quantitative estimate of drug-likeness (QED) is 0.535. The summed E-state index contributed by atoms with van der Waals surface area (Å²) in [7, 11) is 0. The van der Waals surface area contributed by atoms with Gasteiger partial charge < -0.3 is 5.32 Å². The van der Waals surface area contributed by atoms with Crippen molar-refractivity contribution in [3.63, 3.8) is 0 Å². The van der Waals surface area contributed by atoms with E-state index in [2.05, 4.69) is 68.7 Å². The van der Waals surface area contributed by atoms with Crippen molar-refractivity contribution < 1.29 is 4.79 Å². The van der Waals surface area contributed by atoms with Crippen molar-refractivity contribution in [2.75, 3.05) is 32.7 Å². The Balaban J connectivity index is 1.08. The average molecular weight is 476 g/mol. The Labute approximate surface area is 206 Å². The number of amides is 1. The SMILES string of the molecule is CC1CN(CCNC(=O)C2=Cc3cnc4cccc(n34)S2)CC(C)N1CCCc1ccccc1. The van der Waals surface area contributed by atoms with Gasteiger partial charge in [-0.1, -0.05) is 48.2 Å². The fourth-order valence-corrected chi connectivity index (χ4v) is 6.22. The number of nitrogens with one attached hydrogen (secondary N) is 1. The number of benzene rings is 1. The maximum atomic E-state index is 12.8. The van der Waals surface area contributed by atoms with E-state index in [1.165, 1.54) is 23.7 Å². The van der Waals surface area contributed by atoms with Crippen molar-refractivity contribution in [2.24, 2.45) is 0 Å². The van der Waals surface area contributed by atoms with Gasteiger partial charge >= 0.3 is 0 Å². The minimum Gasteiger partial charge on any atom is -0.350 e. The summed E-state index contributed by atoms with van der Waals surface area (Å²) in [5.74, 6) is -0.00454. The molecule has 0 aliphatic carbocycles. The number of nitrogens with zero attached hydrogens (tertiary/aromatic N) is 4. The van der Waals surface area contributed by atoms with Gasteiger partial charge in [0.2, 0.25) is 0 Å². The van der Waals surface area contributed by atoms with E-state index in [0.717, 1.165) is 53.9 Å². The van der Waals surface area contributed by atoms with Gasteiger partial charge in [0.1, 0.15) is 5.65 Å². The molecule has 2 aliphatic rings. The monoisotopic (exact) mass is 475 g/mol. The van der Waals surface area contributed by atoms with Crippen molar-refractivity contribution in [2.45, 2.75) is 43.8 Å². The highest BCUT2D eigenvalue weighted by atomic mass is 32.2. The van der Waals surface area contributed by atoms with Crippen LogP contribution >= 0.6 is 11.8 Å². The summed E-state index contributed by atoms with van der Waals surface area (Å²) in [5.41, 5.74) is 3.29. The summed E-state index contributed by atoms with van der Waals surface area (Å²) in [4.78, 5) is 23.1. The first-order valence-corrected chi connectivity index (χ1v) is 13.1. The number of carbonyl (C=O) groups is 1. The molecule has 2 aromatic heterocycles. The highest BCUT2D eigenvalue weighted by molar-refractivity contribution is 8.04. The smallest absolute Gasteiger partial charge is 0.258 e. The van der Waals surface area contributed by atoms with Crippen LogP contribution in [0.1, 0.15) is 31.5 Å². The Morgan fingerprint density at radius 2 is 1.85 bits per heavy atom. The van der Waals surface area contributed by atoms with Crippen LogP contribution in [0, 0.1) is 0 Å². The second-order valence-electron chi connectivity index (χ2n) is 9.39. The lowest BCUT2D eigenvalue weighted by molar-refractivity contribution is -0.116. The zero-order chi connectivity index (χ0) is 23.5. The van der Waals surface area contributed by atoms with Crippen LogP contribution in [0.2, 0.25) is 0 Å². The van der Waals surface area contributed by atoms with Gasteiger partial charge in [0, 0.05) is 38.3 Å². The van der Waals surface area contributed by atoms with E-state index >= 15 is 0 Å². The number of aromatic nitrogens is 2. The van der Waals surface area contributed by atoms with Crippen LogP contribution in [0.25, 0.3) is 11.7 Å². The number of rotatable bonds is 8. The number of pyridine rings is 1. The summed E-state index contributed by atoms with van der Waals surface area (Å²) < 4.78 is 2.09. The van der Waals surface area contributed by atoms with Crippen molar-refractivity contribution in [1.29, 1.82) is 0 Å². The number of hydrogen-bond donors (Lipinski definition) is 1. The van der Waals surface area contributed by atoms with E-state index in [1.54, 1.807) is 0 Å². The van der Waals surface area contributed by atoms with Gasteiger partial charge in [-0.3, -0.25) is 19.0 Å². The predicted octanol–water partition coefficient (Wildman–Crippen LogP) is 3.92. The summed E-state index contributed by atoms with van der Waals surface area (Å²) in [6, 6.07) is 17.8. The van der Waals surface area contributed by atoms with Gasteiger partial charge in [0.15, 0.2) is 0 Å². The van der Waals surface area contributed by atoms with Gasteiger partial charge in [-0.25, -0.2) is 4.98 Å². The highest BCUT2D eigenvalue weighted by Gasteiger charge is 2.29. The molecule has 178 valence electrons. The Bertz CT molecular complexity index is 1160. The highest BCUT2D eigenvalue weighted by Crippen LogP contribution is 2.34. The topological polar surface area (TPSA) is 52.9 Å². The minimum absolute atomic E-state index is 0.00454. The zero-order valence-electron chi connectivity index (χ0n) is 20.0. The minimum atomic E-state index is -0.00454. The number of thioether (sulfide) groups is 1. The molecule has 0 saturated carbocycles. The van der Waals surface area contributed by atoms with E-state index in [1.807, 2.05) is 30.5 Å². The molecule has 7 heteroatoms. The first-order valence-electron chi connectivity index (χ1n) is 12.2. The van der Waals surface area contributed by atoms with E-state index in [4.69, 9.17) is 0 Å².